The maximum Gasteiger partial charge on any atom is 0.229 e. The number of nitrogens with one attached hydrogen (secondary N) is 1. The van der Waals surface area contributed by atoms with Gasteiger partial charge in [-0.15, -0.1) is 0 Å². The molecule has 2 aromatic rings. The summed E-state index contributed by atoms with van der Waals surface area (Å²) >= 11 is 0. The summed E-state index contributed by atoms with van der Waals surface area (Å²) in [6, 6.07) is 10.9. The first kappa shape index (κ1) is 25.9. The fourth-order valence-corrected chi connectivity index (χ4v) is 5.06. The van der Waals surface area contributed by atoms with Crippen LogP contribution in [-0.2, 0) is 22.4 Å². The summed E-state index contributed by atoms with van der Waals surface area (Å²) in [4.78, 5) is 29.5. The number of benzene rings is 2. The van der Waals surface area contributed by atoms with E-state index in [2.05, 4.69) is 10.2 Å². The quantitative estimate of drug-likeness (QED) is 0.560. The maximum absolute atomic E-state index is 14.2. The molecule has 1 heterocycles. The lowest BCUT2D eigenvalue weighted by atomic mass is 9.84. The third-order valence-corrected chi connectivity index (χ3v) is 6.57. The molecule has 184 valence electrons. The zero-order valence-corrected chi connectivity index (χ0v) is 21.2. The summed E-state index contributed by atoms with van der Waals surface area (Å²) < 4.78 is 14.2. The van der Waals surface area contributed by atoms with E-state index in [1.54, 1.807) is 6.07 Å². The normalized spacial score (nSPS) is 18.4. The fourth-order valence-electron chi connectivity index (χ4n) is 5.06. The fraction of sp³-hybridized carbons (Fsp3) is 0.500. The van der Waals surface area contributed by atoms with E-state index in [1.165, 1.54) is 6.07 Å². The van der Waals surface area contributed by atoms with E-state index >= 15 is 0 Å². The smallest absolute Gasteiger partial charge is 0.229 e. The van der Waals surface area contributed by atoms with Crippen LogP contribution in [0.4, 0.5) is 10.1 Å². The van der Waals surface area contributed by atoms with Gasteiger partial charge in [0.25, 0.3) is 0 Å². The zero-order valence-electron chi connectivity index (χ0n) is 21.2. The maximum atomic E-state index is 14.2. The van der Waals surface area contributed by atoms with Crippen LogP contribution >= 0.6 is 0 Å². The highest BCUT2D eigenvalue weighted by molar-refractivity contribution is 5.97. The second-order valence-electron chi connectivity index (χ2n) is 10.0. The van der Waals surface area contributed by atoms with Crippen molar-refractivity contribution in [2.45, 2.75) is 46.5 Å². The van der Waals surface area contributed by atoms with Gasteiger partial charge in [0.05, 0.1) is 6.42 Å². The van der Waals surface area contributed by atoms with Crippen molar-refractivity contribution in [3.05, 3.63) is 64.5 Å². The van der Waals surface area contributed by atoms with Crippen molar-refractivity contribution in [3.63, 3.8) is 0 Å². The molecule has 2 aromatic carbocycles. The average molecular weight is 468 g/mol. The van der Waals surface area contributed by atoms with E-state index in [0.29, 0.717) is 31.5 Å². The summed E-state index contributed by atoms with van der Waals surface area (Å²) in [5, 5.41) is 2.99. The summed E-state index contributed by atoms with van der Waals surface area (Å²) in [5.74, 6) is 0.0172. The van der Waals surface area contributed by atoms with E-state index in [9.17, 15) is 14.0 Å². The molecule has 1 aliphatic heterocycles. The van der Waals surface area contributed by atoms with Crippen molar-refractivity contribution in [2.75, 3.05) is 38.6 Å². The molecule has 6 heteroatoms. The molecule has 1 saturated heterocycles. The Morgan fingerprint density at radius 3 is 2.50 bits per heavy atom. The van der Waals surface area contributed by atoms with Crippen molar-refractivity contribution in [3.8, 4) is 0 Å². The Kier molecular flexibility index (Phi) is 8.84. The predicted octanol–water partition coefficient (Wildman–Crippen LogP) is 4.28. The summed E-state index contributed by atoms with van der Waals surface area (Å²) in [5.41, 5.74) is 4.55. The van der Waals surface area contributed by atoms with E-state index < -0.39 is 0 Å². The van der Waals surface area contributed by atoms with Crippen molar-refractivity contribution < 1.29 is 14.0 Å². The molecule has 1 aliphatic rings. The number of carbonyl (C=O) groups excluding carboxylic acids is 2. The molecular formula is C28H38FN3O2. The summed E-state index contributed by atoms with van der Waals surface area (Å²) in [7, 11) is 4.04. The first-order valence-corrected chi connectivity index (χ1v) is 12.2. The highest BCUT2D eigenvalue weighted by atomic mass is 19.1. The Balaban J connectivity index is 1.71. The molecule has 0 aliphatic carbocycles. The molecule has 0 unspecified atom stereocenters. The van der Waals surface area contributed by atoms with Gasteiger partial charge >= 0.3 is 0 Å². The van der Waals surface area contributed by atoms with E-state index in [4.69, 9.17) is 0 Å². The number of hydrogen-bond acceptors (Lipinski definition) is 3. The van der Waals surface area contributed by atoms with Gasteiger partial charge in [-0.1, -0.05) is 37.3 Å². The number of piperidine rings is 1. The predicted molar refractivity (Wildman–Crippen MR) is 136 cm³/mol. The standard InChI is InChI=1S/C28H38FN3O2/c1-19-13-22(17-26(33)30-11-8-12-31(4)5)14-20(2)27(19)32-18-23(15-21(3)28(32)34)16-24-9-6-7-10-25(24)29/h6-7,9-10,13-14,21,23H,8,11-12,15-18H2,1-5H3,(H,30,33)/t21-,23-/m1/s1. The molecule has 34 heavy (non-hydrogen) atoms. The van der Waals surface area contributed by atoms with Crippen LogP contribution < -0.4 is 10.2 Å². The third kappa shape index (κ3) is 6.66. The number of anilines is 1. The summed E-state index contributed by atoms with van der Waals surface area (Å²) in [6.07, 6.45) is 2.61. The molecule has 1 N–H and O–H groups in total. The van der Waals surface area contributed by atoms with Crippen LogP contribution in [0.1, 0.15) is 42.0 Å². The lowest BCUT2D eigenvalue weighted by Crippen LogP contribution is -2.46. The molecule has 0 aromatic heterocycles. The molecule has 2 atom stereocenters. The van der Waals surface area contributed by atoms with Gasteiger partial charge in [0.1, 0.15) is 5.82 Å². The zero-order chi connectivity index (χ0) is 24.8. The monoisotopic (exact) mass is 467 g/mol. The average Bonchev–Trinajstić information content (AvgIpc) is 2.75. The Morgan fingerprint density at radius 2 is 1.85 bits per heavy atom. The lowest BCUT2D eigenvalue weighted by molar-refractivity contribution is -0.124. The van der Waals surface area contributed by atoms with E-state index in [-0.39, 0.29) is 29.5 Å². The van der Waals surface area contributed by atoms with Crippen molar-refractivity contribution >= 4 is 17.5 Å². The number of halogens is 1. The van der Waals surface area contributed by atoms with Crippen LogP contribution in [0.2, 0.25) is 0 Å². The molecule has 0 bridgehead atoms. The third-order valence-electron chi connectivity index (χ3n) is 6.57. The number of hydrogen-bond donors (Lipinski definition) is 1. The number of amides is 2. The molecular weight excluding hydrogens is 429 g/mol. The van der Waals surface area contributed by atoms with E-state index in [1.807, 2.05) is 64.0 Å². The number of carbonyl (C=O) groups is 2. The van der Waals surface area contributed by atoms with Crippen molar-refractivity contribution in [2.24, 2.45) is 11.8 Å². The minimum absolute atomic E-state index is 0.0120. The molecule has 2 amide bonds. The van der Waals surface area contributed by atoms with Gasteiger partial charge in [0.2, 0.25) is 11.8 Å². The minimum Gasteiger partial charge on any atom is -0.356 e. The van der Waals surface area contributed by atoms with Crippen LogP contribution in [0.15, 0.2) is 36.4 Å². The number of nitrogens with zero attached hydrogens (tertiary/aromatic N) is 2. The van der Waals surface area contributed by atoms with Crippen molar-refractivity contribution in [1.82, 2.24) is 10.2 Å². The van der Waals surface area contributed by atoms with Gasteiger partial charge in [-0.25, -0.2) is 4.39 Å². The van der Waals surface area contributed by atoms with Crippen LogP contribution in [0.25, 0.3) is 0 Å². The van der Waals surface area contributed by atoms with E-state index in [0.717, 1.165) is 41.8 Å². The van der Waals surface area contributed by atoms with Gasteiger partial charge in [-0.2, -0.15) is 0 Å². The minimum atomic E-state index is -0.185. The van der Waals surface area contributed by atoms with Crippen LogP contribution in [0.3, 0.4) is 0 Å². The number of aryl methyl sites for hydroxylation is 2. The van der Waals surface area contributed by atoms with Gasteiger partial charge in [0.15, 0.2) is 0 Å². The van der Waals surface area contributed by atoms with Gasteiger partial charge in [-0.3, -0.25) is 9.59 Å². The lowest BCUT2D eigenvalue weighted by Gasteiger charge is -2.38. The van der Waals surface area contributed by atoms with Crippen LogP contribution in [0.5, 0.6) is 0 Å². The topological polar surface area (TPSA) is 52.7 Å². The Hall–Kier alpha value is -2.73. The molecule has 0 spiro atoms. The van der Waals surface area contributed by atoms with Crippen LogP contribution in [-0.4, -0.2) is 50.4 Å². The van der Waals surface area contributed by atoms with Crippen molar-refractivity contribution in [1.29, 1.82) is 0 Å². The Morgan fingerprint density at radius 1 is 1.18 bits per heavy atom. The SMILES string of the molecule is Cc1cc(CC(=O)NCCCN(C)C)cc(C)c1N1C[C@@H](Cc2ccccc2F)C[C@@H](C)C1=O. The van der Waals surface area contributed by atoms with Gasteiger partial charge < -0.3 is 15.1 Å². The summed E-state index contributed by atoms with van der Waals surface area (Å²) in [6.45, 7) is 8.13. The highest BCUT2D eigenvalue weighted by Gasteiger charge is 2.34. The first-order valence-electron chi connectivity index (χ1n) is 12.2. The molecule has 0 radical (unpaired) electrons. The largest absolute Gasteiger partial charge is 0.356 e. The molecule has 5 nitrogen and oxygen atoms in total. The number of rotatable bonds is 9. The second-order valence-corrected chi connectivity index (χ2v) is 10.0. The van der Waals surface area contributed by atoms with Crippen LogP contribution in [0, 0.1) is 31.5 Å². The Bertz CT molecular complexity index is 997. The Labute approximate surface area is 203 Å². The highest BCUT2D eigenvalue weighted by Crippen LogP contribution is 2.34. The molecule has 0 saturated carbocycles. The first-order chi connectivity index (χ1) is 16.2. The molecule has 3 rings (SSSR count). The second kappa shape index (κ2) is 11.6. The molecule has 1 fully saturated rings. The van der Waals surface area contributed by atoms with Gasteiger partial charge in [-0.05, 0) is 88.0 Å². The van der Waals surface area contributed by atoms with Gasteiger partial charge in [0, 0.05) is 24.7 Å².